The van der Waals surface area contributed by atoms with E-state index in [4.69, 9.17) is 5.73 Å². The third kappa shape index (κ3) is 4.63. The molecular weight excluding hydrogens is 325 g/mol. The summed E-state index contributed by atoms with van der Waals surface area (Å²) in [5.41, 5.74) is 8.54. The molecule has 2 aromatic carbocycles. The van der Waals surface area contributed by atoms with Gasteiger partial charge in [-0.1, -0.05) is 30.3 Å². The van der Waals surface area contributed by atoms with E-state index in [1.54, 1.807) is 0 Å². The van der Waals surface area contributed by atoms with E-state index < -0.39 is 0 Å². The van der Waals surface area contributed by atoms with Gasteiger partial charge in [-0.15, -0.1) is 24.8 Å². The van der Waals surface area contributed by atoms with Crippen LogP contribution >= 0.6 is 24.8 Å². The second kappa shape index (κ2) is 8.89. The summed E-state index contributed by atoms with van der Waals surface area (Å²) >= 11 is 0. The lowest BCUT2D eigenvalue weighted by Crippen LogP contribution is -2.21. The van der Waals surface area contributed by atoms with E-state index in [2.05, 4.69) is 20.3 Å². The topological polar surface area (TPSA) is 111 Å². The summed E-state index contributed by atoms with van der Waals surface area (Å²) < 4.78 is 0. The molecule has 0 aliphatic rings. The van der Waals surface area contributed by atoms with Gasteiger partial charge in [-0.2, -0.15) is 4.99 Å². The molecule has 0 saturated heterocycles. The Balaban J connectivity index is 0.00000147. The first-order valence-corrected chi connectivity index (χ1v) is 5.92. The van der Waals surface area contributed by atoms with Gasteiger partial charge in [0.05, 0.1) is 11.0 Å². The van der Waals surface area contributed by atoms with Crippen molar-refractivity contribution < 1.29 is 5.48 Å². The van der Waals surface area contributed by atoms with Gasteiger partial charge >= 0.3 is 0 Å². The van der Waals surface area contributed by atoms with Crippen LogP contribution in [0.15, 0.2) is 59.6 Å². The second-order valence-corrected chi connectivity index (χ2v) is 4.07. The highest BCUT2D eigenvalue weighted by atomic mass is 35.5. The number of benzene rings is 2. The van der Waals surface area contributed by atoms with Crippen molar-refractivity contribution in [2.45, 2.75) is 0 Å². The fourth-order valence-electron chi connectivity index (χ4n) is 1.80. The molecule has 0 spiro atoms. The predicted octanol–water partition coefficient (Wildman–Crippen LogP) is 2.64. The molecular formula is C14H17Cl2N5O. The summed E-state index contributed by atoms with van der Waals surface area (Å²) in [5, 5.41) is 3.00. The van der Waals surface area contributed by atoms with Crippen molar-refractivity contribution in [3.05, 3.63) is 54.6 Å². The summed E-state index contributed by atoms with van der Waals surface area (Å²) in [6, 6.07) is 17.4. The van der Waals surface area contributed by atoms with Gasteiger partial charge in [0.15, 0.2) is 0 Å². The maximum Gasteiger partial charge on any atom is 0.231 e. The number of nitrogens with one attached hydrogen (secondary N) is 2. The molecule has 118 valence electrons. The average molecular weight is 342 g/mol. The van der Waals surface area contributed by atoms with Gasteiger partial charge < -0.3 is 21.5 Å². The number of nitrogens with zero attached hydrogens (tertiary/aromatic N) is 2. The molecule has 0 radical (unpaired) electrons. The van der Waals surface area contributed by atoms with Crippen LogP contribution in [0.4, 0.5) is 11.6 Å². The number of H-pyrrole nitrogens is 1. The van der Waals surface area contributed by atoms with Crippen LogP contribution in [-0.2, 0) is 0 Å². The van der Waals surface area contributed by atoms with Crippen LogP contribution < -0.4 is 11.1 Å². The third-order valence-electron chi connectivity index (χ3n) is 2.65. The van der Waals surface area contributed by atoms with Crippen LogP contribution in [0.5, 0.6) is 0 Å². The molecule has 0 aliphatic carbocycles. The number of aromatic amines is 1. The van der Waals surface area contributed by atoms with Crippen LogP contribution in [0.3, 0.4) is 0 Å². The number of anilines is 1. The predicted molar refractivity (Wildman–Crippen MR) is 95.6 cm³/mol. The molecule has 0 amide bonds. The number of guanidine groups is 1. The molecule has 0 saturated carbocycles. The molecule has 0 atom stereocenters. The van der Waals surface area contributed by atoms with Crippen molar-refractivity contribution in [3.63, 3.8) is 0 Å². The van der Waals surface area contributed by atoms with Crippen molar-refractivity contribution in [1.29, 1.82) is 0 Å². The fourth-order valence-corrected chi connectivity index (χ4v) is 1.80. The highest BCUT2D eigenvalue weighted by molar-refractivity contribution is 5.94. The maximum atomic E-state index is 5.84. The van der Waals surface area contributed by atoms with Gasteiger partial charge in [0, 0.05) is 5.69 Å². The number of para-hydroxylation sites is 3. The number of fused-ring (bicyclic) bond motifs is 1. The van der Waals surface area contributed by atoms with E-state index in [1.165, 1.54) is 0 Å². The highest BCUT2D eigenvalue weighted by Crippen LogP contribution is 2.15. The summed E-state index contributed by atoms with van der Waals surface area (Å²) in [7, 11) is 0. The first-order chi connectivity index (χ1) is 9.31. The SMILES string of the molecule is Cl.Cl.N/C(=N/c1nc2ccccc2[nH]1)Nc1ccccc1.O. The van der Waals surface area contributed by atoms with E-state index in [9.17, 15) is 0 Å². The highest BCUT2D eigenvalue weighted by Gasteiger charge is 2.01. The normalized spacial score (nSPS) is 10.1. The van der Waals surface area contributed by atoms with Crippen molar-refractivity contribution >= 4 is 53.4 Å². The van der Waals surface area contributed by atoms with E-state index in [0.717, 1.165) is 16.7 Å². The Labute approximate surface area is 140 Å². The van der Waals surface area contributed by atoms with Gasteiger partial charge in [-0.3, -0.25) is 0 Å². The van der Waals surface area contributed by atoms with Gasteiger partial charge in [0.2, 0.25) is 11.9 Å². The number of halogens is 2. The molecule has 0 bridgehead atoms. The summed E-state index contributed by atoms with van der Waals surface area (Å²) in [6.45, 7) is 0. The molecule has 8 heteroatoms. The minimum Gasteiger partial charge on any atom is -0.412 e. The number of hydrogen-bond acceptors (Lipinski definition) is 2. The van der Waals surface area contributed by atoms with E-state index >= 15 is 0 Å². The van der Waals surface area contributed by atoms with Crippen LogP contribution in [0.25, 0.3) is 11.0 Å². The minimum absolute atomic E-state index is 0. The zero-order chi connectivity index (χ0) is 13.1. The number of nitrogens with two attached hydrogens (primary N) is 1. The summed E-state index contributed by atoms with van der Waals surface area (Å²) in [5.74, 6) is 0.785. The van der Waals surface area contributed by atoms with E-state index in [0.29, 0.717) is 11.9 Å². The molecule has 1 heterocycles. The molecule has 22 heavy (non-hydrogen) atoms. The molecule has 0 unspecified atom stereocenters. The number of imidazole rings is 1. The summed E-state index contributed by atoms with van der Waals surface area (Å²) in [4.78, 5) is 11.6. The largest absolute Gasteiger partial charge is 0.412 e. The zero-order valence-electron chi connectivity index (χ0n) is 11.5. The Kier molecular flexibility index (Phi) is 7.96. The van der Waals surface area contributed by atoms with Gasteiger partial charge in [0.1, 0.15) is 0 Å². The van der Waals surface area contributed by atoms with Crippen LogP contribution in [0.1, 0.15) is 0 Å². The van der Waals surface area contributed by atoms with Crippen LogP contribution in [0, 0.1) is 0 Å². The number of rotatable bonds is 2. The van der Waals surface area contributed by atoms with Gasteiger partial charge in [-0.05, 0) is 24.3 Å². The Morgan fingerprint density at radius 1 is 1.00 bits per heavy atom. The van der Waals surface area contributed by atoms with E-state index in [1.807, 2.05) is 54.6 Å². The molecule has 0 fully saturated rings. The zero-order valence-corrected chi connectivity index (χ0v) is 13.1. The van der Waals surface area contributed by atoms with Gasteiger partial charge in [0.25, 0.3) is 0 Å². The summed E-state index contributed by atoms with van der Waals surface area (Å²) in [6.07, 6.45) is 0. The Morgan fingerprint density at radius 2 is 1.64 bits per heavy atom. The van der Waals surface area contributed by atoms with Crippen molar-refractivity contribution in [2.75, 3.05) is 5.32 Å². The lowest BCUT2D eigenvalue weighted by Gasteiger charge is -2.03. The maximum absolute atomic E-state index is 5.84. The Morgan fingerprint density at radius 3 is 2.32 bits per heavy atom. The lowest BCUT2D eigenvalue weighted by atomic mass is 10.3. The average Bonchev–Trinajstić information content (AvgIpc) is 2.81. The van der Waals surface area contributed by atoms with Crippen molar-refractivity contribution in [3.8, 4) is 0 Å². The Hall–Kier alpha value is -2.28. The van der Waals surface area contributed by atoms with Crippen molar-refractivity contribution in [1.82, 2.24) is 9.97 Å². The minimum atomic E-state index is 0. The smallest absolute Gasteiger partial charge is 0.231 e. The molecule has 6 nitrogen and oxygen atoms in total. The monoisotopic (exact) mass is 341 g/mol. The number of aromatic nitrogens is 2. The first kappa shape index (κ1) is 19.7. The standard InChI is InChI=1S/C14H13N5.2ClH.H2O/c15-13(16-10-6-2-1-3-7-10)19-14-17-11-8-4-5-9-12(11)18-14;;;/h1-9H,(H4,15,16,17,18,19);2*1H;1H2. The molecule has 3 aromatic rings. The first-order valence-electron chi connectivity index (χ1n) is 5.92. The number of aliphatic imine (C=N–C) groups is 1. The van der Waals surface area contributed by atoms with E-state index in [-0.39, 0.29) is 30.3 Å². The molecule has 6 N–H and O–H groups in total. The van der Waals surface area contributed by atoms with Crippen LogP contribution in [-0.4, -0.2) is 21.4 Å². The second-order valence-electron chi connectivity index (χ2n) is 4.07. The Bertz CT molecular complexity index is 697. The third-order valence-corrected chi connectivity index (χ3v) is 2.65. The lowest BCUT2D eigenvalue weighted by molar-refractivity contribution is 0.824. The molecule has 3 rings (SSSR count). The van der Waals surface area contributed by atoms with Crippen molar-refractivity contribution in [2.24, 2.45) is 10.7 Å². The molecule has 0 aliphatic heterocycles. The number of hydrogen-bond donors (Lipinski definition) is 3. The van der Waals surface area contributed by atoms with Gasteiger partial charge in [-0.25, -0.2) is 4.98 Å². The quantitative estimate of drug-likeness (QED) is 0.492. The van der Waals surface area contributed by atoms with Crippen LogP contribution in [0.2, 0.25) is 0 Å². The fraction of sp³-hybridized carbons (Fsp3) is 0. The molecule has 1 aromatic heterocycles.